The molecule has 0 unspecified atom stereocenters. The Morgan fingerprint density at radius 1 is 1.19 bits per heavy atom. The van der Waals surface area contributed by atoms with E-state index in [0.717, 1.165) is 34.3 Å². The van der Waals surface area contributed by atoms with Crippen molar-refractivity contribution in [2.24, 2.45) is 5.92 Å². The SMILES string of the molecule is Cc1cc([C@H]2[C@H](c3ccccn3)NC(=S)N2CC(C)C)c(C)n1-c1cc(Cl)ccc1O. The molecule has 0 aliphatic carbocycles. The van der Waals surface area contributed by atoms with E-state index in [-0.39, 0.29) is 17.8 Å². The van der Waals surface area contributed by atoms with Gasteiger partial charge in [-0.3, -0.25) is 4.98 Å². The monoisotopic (exact) mass is 454 g/mol. The number of halogens is 1. The summed E-state index contributed by atoms with van der Waals surface area (Å²) in [6, 6.07) is 13.2. The minimum atomic E-state index is -0.0608. The zero-order valence-electron chi connectivity index (χ0n) is 18.1. The zero-order valence-corrected chi connectivity index (χ0v) is 19.7. The van der Waals surface area contributed by atoms with Crippen molar-refractivity contribution >= 4 is 28.9 Å². The Labute approximate surface area is 193 Å². The normalized spacial score (nSPS) is 18.6. The number of benzene rings is 1. The van der Waals surface area contributed by atoms with Gasteiger partial charge in [0.2, 0.25) is 0 Å². The molecule has 1 aliphatic rings. The highest BCUT2D eigenvalue weighted by Gasteiger charge is 2.41. The predicted octanol–water partition coefficient (Wildman–Crippen LogP) is 5.48. The average molecular weight is 455 g/mol. The number of aromatic hydroxyl groups is 1. The summed E-state index contributed by atoms with van der Waals surface area (Å²) in [7, 11) is 0. The van der Waals surface area contributed by atoms with Crippen LogP contribution in [0, 0.1) is 19.8 Å². The van der Waals surface area contributed by atoms with Gasteiger partial charge in [-0.25, -0.2) is 0 Å². The Bertz CT molecular complexity index is 1110. The number of nitrogens with zero attached hydrogens (tertiary/aromatic N) is 3. The van der Waals surface area contributed by atoms with Gasteiger partial charge in [0.15, 0.2) is 5.11 Å². The summed E-state index contributed by atoms with van der Waals surface area (Å²) in [5.41, 5.74) is 4.84. The number of phenols is 1. The number of pyridine rings is 1. The maximum Gasteiger partial charge on any atom is 0.170 e. The largest absolute Gasteiger partial charge is 0.506 e. The Morgan fingerprint density at radius 2 is 1.97 bits per heavy atom. The zero-order chi connectivity index (χ0) is 22.3. The molecule has 3 heterocycles. The van der Waals surface area contributed by atoms with Crippen molar-refractivity contribution in [1.29, 1.82) is 0 Å². The van der Waals surface area contributed by atoms with Crippen molar-refractivity contribution in [2.75, 3.05) is 6.54 Å². The smallest absolute Gasteiger partial charge is 0.170 e. The van der Waals surface area contributed by atoms with Gasteiger partial charge in [-0.2, -0.15) is 0 Å². The van der Waals surface area contributed by atoms with E-state index in [4.69, 9.17) is 23.8 Å². The molecule has 162 valence electrons. The van der Waals surface area contributed by atoms with E-state index >= 15 is 0 Å². The standard InChI is InChI=1S/C24H27ClN4OS/c1-14(2)13-28-23(22(27-24(28)31)19-7-5-6-10-26-19)18-11-15(3)29(16(18)4)20-12-17(25)8-9-21(20)30/h5-12,14,22-23,30H,13H2,1-4H3,(H,27,31)/t22-,23-/m0/s1. The van der Waals surface area contributed by atoms with Crippen molar-refractivity contribution in [3.05, 3.63) is 76.3 Å². The van der Waals surface area contributed by atoms with E-state index in [0.29, 0.717) is 16.6 Å². The second-order valence-corrected chi connectivity index (χ2v) is 9.29. The number of thiocarbonyl (C=S) groups is 1. The number of nitrogens with one attached hydrogen (secondary N) is 1. The van der Waals surface area contributed by atoms with Crippen LogP contribution in [0.5, 0.6) is 5.75 Å². The molecule has 4 rings (SSSR count). The van der Waals surface area contributed by atoms with E-state index in [2.05, 4.69) is 46.6 Å². The van der Waals surface area contributed by atoms with Crippen LogP contribution in [-0.2, 0) is 0 Å². The van der Waals surface area contributed by atoms with Crippen LogP contribution in [0.1, 0.15) is 48.6 Å². The molecule has 2 aromatic heterocycles. The molecule has 1 saturated heterocycles. The van der Waals surface area contributed by atoms with Gasteiger partial charge in [0.05, 0.1) is 23.5 Å². The average Bonchev–Trinajstić information content (AvgIpc) is 3.20. The van der Waals surface area contributed by atoms with Crippen molar-refractivity contribution in [2.45, 2.75) is 39.8 Å². The summed E-state index contributed by atoms with van der Waals surface area (Å²) in [6.07, 6.45) is 1.81. The fraction of sp³-hybridized carbons (Fsp3) is 0.333. The predicted molar refractivity (Wildman–Crippen MR) is 129 cm³/mol. The molecule has 7 heteroatoms. The molecule has 0 saturated carbocycles. The number of aryl methyl sites for hydroxylation is 1. The molecular weight excluding hydrogens is 428 g/mol. The van der Waals surface area contributed by atoms with Crippen molar-refractivity contribution in [3.63, 3.8) is 0 Å². The Morgan fingerprint density at radius 3 is 2.65 bits per heavy atom. The minimum Gasteiger partial charge on any atom is -0.506 e. The van der Waals surface area contributed by atoms with Crippen LogP contribution in [0.25, 0.3) is 5.69 Å². The van der Waals surface area contributed by atoms with Gasteiger partial charge in [0, 0.05) is 29.2 Å². The third-order valence-corrected chi connectivity index (χ3v) is 6.31. The third kappa shape index (κ3) is 4.02. The highest BCUT2D eigenvalue weighted by Crippen LogP contribution is 2.42. The molecule has 0 radical (unpaired) electrons. The van der Waals surface area contributed by atoms with E-state index in [9.17, 15) is 5.11 Å². The first kappa shape index (κ1) is 21.7. The highest BCUT2D eigenvalue weighted by atomic mass is 35.5. The first-order valence-electron chi connectivity index (χ1n) is 10.4. The van der Waals surface area contributed by atoms with Crippen LogP contribution < -0.4 is 5.32 Å². The lowest BCUT2D eigenvalue weighted by atomic mass is 9.96. The van der Waals surface area contributed by atoms with Crippen molar-refractivity contribution < 1.29 is 5.11 Å². The molecule has 2 N–H and O–H groups in total. The molecule has 0 amide bonds. The number of hydrogen-bond acceptors (Lipinski definition) is 3. The topological polar surface area (TPSA) is 53.3 Å². The summed E-state index contributed by atoms with van der Waals surface area (Å²) < 4.78 is 2.06. The first-order chi connectivity index (χ1) is 14.8. The van der Waals surface area contributed by atoms with Crippen molar-refractivity contribution in [1.82, 2.24) is 19.8 Å². The van der Waals surface area contributed by atoms with Crippen LogP contribution in [0.2, 0.25) is 5.02 Å². The van der Waals surface area contributed by atoms with E-state index in [1.54, 1.807) is 18.2 Å². The van der Waals surface area contributed by atoms with Gasteiger partial charge in [0.25, 0.3) is 0 Å². The fourth-order valence-corrected chi connectivity index (χ4v) is 4.95. The molecule has 2 atom stereocenters. The first-order valence-corrected chi connectivity index (χ1v) is 11.2. The molecule has 1 aliphatic heterocycles. The number of phenolic OH excluding ortho intramolecular Hbond substituents is 1. The lowest BCUT2D eigenvalue weighted by molar-refractivity contribution is 0.287. The van der Waals surface area contributed by atoms with Crippen LogP contribution in [-0.4, -0.2) is 31.2 Å². The summed E-state index contributed by atoms with van der Waals surface area (Å²) >= 11 is 12.0. The van der Waals surface area contributed by atoms with E-state index in [1.165, 1.54) is 0 Å². The molecule has 1 aromatic carbocycles. The molecule has 5 nitrogen and oxygen atoms in total. The third-order valence-electron chi connectivity index (χ3n) is 5.73. The van der Waals surface area contributed by atoms with Crippen LogP contribution >= 0.6 is 23.8 Å². The van der Waals surface area contributed by atoms with Crippen molar-refractivity contribution in [3.8, 4) is 11.4 Å². The summed E-state index contributed by atoms with van der Waals surface area (Å²) in [5.74, 6) is 0.642. The second kappa shape index (κ2) is 8.52. The lowest BCUT2D eigenvalue weighted by Crippen LogP contribution is -2.33. The molecular formula is C24H27ClN4OS. The minimum absolute atomic E-state index is 0.00826. The second-order valence-electron chi connectivity index (χ2n) is 8.47. The van der Waals surface area contributed by atoms with Gasteiger partial charge in [-0.1, -0.05) is 31.5 Å². The molecule has 1 fully saturated rings. The van der Waals surface area contributed by atoms with Gasteiger partial charge in [-0.15, -0.1) is 0 Å². The Hall–Kier alpha value is -2.57. The number of rotatable bonds is 5. The molecule has 31 heavy (non-hydrogen) atoms. The maximum absolute atomic E-state index is 10.5. The van der Waals surface area contributed by atoms with Crippen LogP contribution in [0.4, 0.5) is 0 Å². The van der Waals surface area contributed by atoms with E-state index < -0.39 is 0 Å². The van der Waals surface area contributed by atoms with Gasteiger partial charge in [0.1, 0.15) is 5.75 Å². The molecule has 0 bridgehead atoms. The van der Waals surface area contributed by atoms with Gasteiger partial charge in [-0.05, 0) is 73.9 Å². The highest BCUT2D eigenvalue weighted by molar-refractivity contribution is 7.80. The summed E-state index contributed by atoms with van der Waals surface area (Å²) in [6.45, 7) is 9.35. The lowest BCUT2D eigenvalue weighted by Gasteiger charge is -2.29. The quantitative estimate of drug-likeness (QED) is 0.500. The number of hydrogen-bond donors (Lipinski definition) is 2. The van der Waals surface area contributed by atoms with Crippen LogP contribution in [0.15, 0.2) is 48.7 Å². The Kier molecular flexibility index (Phi) is 5.95. The molecule has 3 aromatic rings. The van der Waals surface area contributed by atoms with Gasteiger partial charge < -0.3 is 19.9 Å². The maximum atomic E-state index is 10.5. The number of aromatic nitrogens is 2. The fourth-order valence-electron chi connectivity index (χ4n) is 4.47. The molecule has 0 spiro atoms. The summed E-state index contributed by atoms with van der Waals surface area (Å²) in [4.78, 5) is 6.88. The van der Waals surface area contributed by atoms with Gasteiger partial charge >= 0.3 is 0 Å². The van der Waals surface area contributed by atoms with E-state index in [1.807, 2.05) is 31.3 Å². The summed E-state index contributed by atoms with van der Waals surface area (Å²) in [5, 5.41) is 15.3. The Balaban J connectivity index is 1.86. The van der Waals surface area contributed by atoms with Crippen LogP contribution in [0.3, 0.4) is 0 Å².